The van der Waals surface area contributed by atoms with E-state index in [2.05, 4.69) is 35.5 Å². The highest BCUT2D eigenvalue weighted by atomic mass is 32.2. The Labute approximate surface area is 174 Å². The fourth-order valence-electron chi connectivity index (χ4n) is 3.09. The van der Waals surface area contributed by atoms with Crippen LogP contribution in [0.1, 0.15) is 44.9 Å². The summed E-state index contributed by atoms with van der Waals surface area (Å²) in [5.41, 5.74) is 3.37. The molecule has 0 bridgehead atoms. The molecule has 0 saturated heterocycles. The summed E-state index contributed by atoms with van der Waals surface area (Å²) in [5.74, 6) is 0.0658. The molecule has 0 atom stereocenters. The number of fused-ring (bicyclic) bond motifs is 1. The molecular formula is C23H25F2NO2S. The zero-order valence-electron chi connectivity index (χ0n) is 17.1. The third kappa shape index (κ3) is 5.18. The molecule has 154 valence electrons. The van der Waals surface area contributed by atoms with E-state index in [9.17, 15) is 8.78 Å². The van der Waals surface area contributed by atoms with Crippen molar-refractivity contribution in [3.8, 4) is 22.8 Å². The molecule has 6 heteroatoms. The number of hydrogen-bond donors (Lipinski definition) is 0. The summed E-state index contributed by atoms with van der Waals surface area (Å²) >= 11 is 1.79. The number of hydrogen-bond acceptors (Lipinski definition) is 4. The quantitative estimate of drug-likeness (QED) is 0.474. The number of allylic oxidation sites excluding steroid dienone is 4. The lowest BCUT2D eigenvalue weighted by molar-refractivity contribution is -0.286. The maximum atomic E-state index is 13.3. The van der Waals surface area contributed by atoms with Gasteiger partial charge in [-0.3, -0.25) is 4.98 Å². The van der Waals surface area contributed by atoms with E-state index < -0.39 is 6.29 Å². The van der Waals surface area contributed by atoms with Crippen LogP contribution in [0, 0.1) is 6.92 Å². The first-order chi connectivity index (χ1) is 13.8. The molecule has 1 aliphatic rings. The number of rotatable bonds is 7. The second-order valence-electron chi connectivity index (χ2n) is 6.76. The van der Waals surface area contributed by atoms with Crippen molar-refractivity contribution in [2.45, 2.75) is 53.3 Å². The van der Waals surface area contributed by atoms with Gasteiger partial charge < -0.3 is 9.47 Å². The summed E-state index contributed by atoms with van der Waals surface area (Å²) in [7, 11) is 0. The average molecular weight is 418 g/mol. The van der Waals surface area contributed by atoms with E-state index in [1.165, 1.54) is 15.9 Å². The molecule has 2 aromatic rings. The first kappa shape index (κ1) is 21.4. The Bertz CT molecular complexity index is 954. The molecule has 0 amide bonds. The summed E-state index contributed by atoms with van der Waals surface area (Å²) in [4.78, 5) is 7.40. The van der Waals surface area contributed by atoms with E-state index in [0.717, 1.165) is 41.8 Å². The zero-order chi connectivity index (χ0) is 21.0. The van der Waals surface area contributed by atoms with Gasteiger partial charge in [-0.05, 0) is 66.3 Å². The van der Waals surface area contributed by atoms with E-state index >= 15 is 0 Å². The number of aryl methyl sites for hydroxylation is 1. The monoisotopic (exact) mass is 417 g/mol. The number of thioether (sulfide) groups is 1. The first-order valence-electron chi connectivity index (χ1n) is 9.74. The normalized spacial score (nSPS) is 15.7. The van der Waals surface area contributed by atoms with E-state index in [4.69, 9.17) is 4.98 Å². The van der Waals surface area contributed by atoms with Crippen molar-refractivity contribution in [2.75, 3.05) is 0 Å². The third-order valence-electron chi connectivity index (χ3n) is 4.55. The fourth-order valence-corrected chi connectivity index (χ4v) is 4.15. The van der Waals surface area contributed by atoms with E-state index in [1.54, 1.807) is 23.9 Å². The maximum absolute atomic E-state index is 13.3. The van der Waals surface area contributed by atoms with Gasteiger partial charge in [0.25, 0.3) is 0 Å². The van der Waals surface area contributed by atoms with Gasteiger partial charge in [-0.2, -0.15) is 0 Å². The van der Waals surface area contributed by atoms with Crippen LogP contribution in [0.4, 0.5) is 8.78 Å². The Kier molecular flexibility index (Phi) is 6.63. The molecular weight excluding hydrogens is 392 g/mol. The van der Waals surface area contributed by atoms with Crippen LogP contribution in [0.5, 0.6) is 11.5 Å². The number of halogens is 2. The zero-order valence-corrected chi connectivity index (χ0v) is 17.9. The Balaban J connectivity index is 1.85. The van der Waals surface area contributed by atoms with Gasteiger partial charge in [-0.15, -0.1) is 8.78 Å². The number of nitrogens with zero attached hydrogens (tertiary/aromatic N) is 1. The number of alkyl halides is 2. The molecule has 0 radical (unpaired) electrons. The predicted octanol–water partition coefficient (Wildman–Crippen LogP) is 7.26. The molecule has 1 aliphatic heterocycles. The van der Waals surface area contributed by atoms with Crippen LogP contribution in [0.15, 0.2) is 52.3 Å². The fraction of sp³-hybridized carbons (Fsp3) is 0.348. The summed E-state index contributed by atoms with van der Waals surface area (Å²) in [6.45, 7) is 8.29. The SMILES string of the molecule is C/C=C(/Cc1ccc(C)c(-c2ccc3c(c2)OC(F)(F)O3)n1)S/C(=C\CC)CC. The van der Waals surface area contributed by atoms with Crippen LogP contribution in [0.25, 0.3) is 11.3 Å². The van der Waals surface area contributed by atoms with E-state index in [-0.39, 0.29) is 11.5 Å². The van der Waals surface area contributed by atoms with Gasteiger partial charge in [0, 0.05) is 17.7 Å². The van der Waals surface area contributed by atoms with Gasteiger partial charge in [0.2, 0.25) is 0 Å². The maximum Gasteiger partial charge on any atom is 0.586 e. The predicted molar refractivity (Wildman–Crippen MR) is 114 cm³/mol. The molecule has 0 N–H and O–H groups in total. The van der Waals surface area contributed by atoms with Crippen LogP contribution in [-0.4, -0.2) is 11.3 Å². The van der Waals surface area contributed by atoms with Gasteiger partial charge in [-0.25, -0.2) is 0 Å². The Morgan fingerprint density at radius 3 is 2.55 bits per heavy atom. The van der Waals surface area contributed by atoms with Gasteiger partial charge in [0.1, 0.15) is 0 Å². The van der Waals surface area contributed by atoms with Crippen molar-refractivity contribution >= 4 is 11.8 Å². The van der Waals surface area contributed by atoms with Crippen LogP contribution < -0.4 is 9.47 Å². The largest absolute Gasteiger partial charge is 0.586 e. The van der Waals surface area contributed by atoms with E-state index in [1.807, 2.05) is 26.0 Å². The lowest BCUT2D eigenvalue weighted by atomic mass is 10.0. The molecule has 29 heavy (non-hydrogen) atoms. The number of ether oxygens (including phenoxy) is 2. The third-order valence-corrected chi connectivity index (χ3v) is 5.91. The topological polar surface area (TPSA) is 31.4 Å². The van der Waals surface area contributed by atoms with Crippen molar-refractivity contribution in [3.63, 3.8) is 0 Å². The van der Waals surface area contributed by atoms with Crippen molar-refractivity contribution in [1.29, 1.82) is 0 Å². The van der Waals surface area contributed by atoms with Gasteiger partial charge >= 0.3 is 6.29 Å². The molecule has 3 rings (SSSR count). The molecule has 0 fully saturated rings. The number of benzene rings is 1. The van der Waals surface area contributed by atoms with Crippen LogP contribution in [-0.2, 0) is 6.42 Å². The molecule has 1 aromatic carbocycles. The van der Waals surface area contributed by atoms with Crippen molar-refractivity contribution in [1.82, 2.24) is 4.98 Å². The minimum absolute atomic E-state index is 0.0288. The van der Waals surface area contributed by atoms with Gasteiger partial charge in [0.05, 0.1) is 5.69 Å². The lowest BCUT2D eigenvalue weighted by Crippen LogP contribution is -2.25. The second kappa shape index (κ2) is 8.99. The molecule has 0 saturated carbocycles. The van der Waals surface area contributed by atoms with E-state index in [0.29, 0.717) is 0 Å². The number of pyridine rings is 1. The summed E-state index contributed by atoms with van der Waals surface area (Å²) in [6.07, 6.45) is 3.50. The standard InChI is InChI=1S/C23H25F2NO2S/c1-5-8-18(6-2)29-19(7-3)14-17-11-9-15(4)22(26-17)16-10-12-20-21(13-16)28-23(24,25)27-20/h7-13H,5-6,14H2,1-4H3/b18-8-,19-7-. The lowest BCUT2D eigenvalue weighted by Gasteiger charge is -2.12. The molecule has 0 aliphatic carbocycles. The highest BCUT2D eigenvalue weighted by molar-refractivity contribution is 8.06. The molecule has 0 spiro atoms. The summed E-state index contributed by atoms with van der Waals surface area (Å²) < 4.78 is 35.7. The highest BCUT2D eigenvalue weighted by Crippen LogP contribution is 2.43. The Hall–Kier alpha value is -2.34. The van der Waals surface area contributed by atoms with Crippen LogP contribution in [0.3, 0.4) is 0 Å². The average Bonchev–Trinajstić information content (AvgIpc) is 3.01. The Morgan fingerprint density at radius 2 is 1.86 bits per heavy atom. The second-order valence-corrected chi connectivity index (χ2v) is 8.02. The smallest absolute Gasteiger partial charge is 0.395 e. The van der Waals surface area contributed by atoms with Crippen LogP contribution in [0.2, 0.25) is 0 Å². The minimum atomic E-state index is -3.62. The van der Waals surface area contributed by atoms with Gasteiger partial charge in [-0.1, -0.05) is 43.8 Å². The minimum Gasteiger partial charge on any atom is -0.395 e. The molecule has 2 heterocycles. The molecule has 1 aromatic heterocycles. The van der Waals surface area contributed by atoms with Crippen molar-refractivity contribution in [3.05, 3.63) is 63.6 Å². The Morgan fingerprint density at radius 1 is 1.10 bits per heavy atom. The molecule has 0 unspecified atom stereocenters. The number of aromatic nitrogens is 1. The summed E-state index contributed by atoms with van der Waals surface area (Å²) in [5, 5.41) is 0. The summed E-state index contributed by atoms with van der Waals surface area (Å²) in [6, 6.07) is 8.80. The first-order valence-corrected chi connectivity index (χ1v) is 10.6. The van der Waals surface area contributed by atoms with Gasteiger partial charge in [0.15, 0.2) is 11.5 Å². The van der Waals surface area contributed by atoms with Crippen molar-refractivity contribution < 1.29 is 18.3 Å². The highest BCUT2D eigenvalue weighted by Gasteiger charge is 2.43. The molecule has 3 nitrogen and oxygen atoms in total. The van der Waals surface area contributed by atoms with Crippen molar-refractivity contribution in [2.24, 2.45) is 0 Å². The van der Waals surface area contributed by atoms with Crippen LogP contribution >= 0.6 is 11.8 Å².